The number of benzene rings is 1. The van der Waals surface area contributed by atoms with E-state index in [9.17, 15) is 0 Å². The molecule has 1 rings (SSSR count). The van der Waals surface area contributed by atoms with Crippen LogP contribution in [0.4, 0.5) is 11.4 Å². The molecule has 0 amide bonds. The smallest absolute Gasteiger partial charge is 0.0353 e. The highest BCUT2D eigenvalue weighted by Gasteiger charge is 2.20. The van der Waals surface area contributed by atoms with Crippen LogP contribution in [0.3, 0.4) is 0 Å². The minimum atomic E-state index is 0.499. The Morgan fingerprint density at radius 3 is 1.38 bits per heavy atom. The normalized spacial score (nSPS) is 13.8. The van der Waals surface area contributed by atoms with Crippen LogP contribution in [0.1, 0.15) is 115 Å². The summed E-state index contributed by atoms with van der Waals surface area (Å²) < 4.78 is 0. The molecule has 138 valence electrons. The summed E-state index contributed by atoms with van der Waals surface area (Å²) in [7, 11) is 0. The van der Waals surface area contributed by atoms with Crippen LogP contribution in [-0.2, 0) is 0 Å². The first-order valence-corrected chi connectivity index (χ1v) is 10.2. The molecular formula is C22H40N2. The van der Waals surface area contributed by atoms with E-state index in [0.717, 1.165) is 11.4 Å². The summed E-state index contributed by atoms with van der Waals surface area (Å²) in [6.45, 7) is 9.17. The Bertz CT molecular complexity index is 424. The molecule has 0 aliphatic carbocycles. The van der Waals surface area contributed by atoms with Gasteiger partial charge < -0.3 is 11.5 Å². The van der Waals surface area contributed by atoms with Crippen molar-refractivity contribution in [3.8, 4) is 0 Å². The van der Waals surface area contributed by atoms with E-state index < -0.39 is 0 Å². The van der Waals surface area contributed by atoms with Gasteiger partial charge in [-0.2, -0.15) is 0 Å². The van der Waals surface area contributed by atoms with E-state index in [1.54, 1.807) is 0 Å². The number of hydrogen-bond acceptors (Lipinski definition) is 2. The molecule has 0 radical (unpaired) electrons. The van der Waals surface area contributed by atoms with Crippen LogP contribution in [0.2, 0.25) is 0 Å². The van der Waals surface area contributed by atoms with E-state index in [1.165, 1.54) is 75.3 Å². The second-order valence-electron chi connectivity index (χ2n) is 7.57. The Hall–Kier alpha value is -1.18. The number of hydrogen-bond donors (Lipinski definition) is 2. The van der Waals surface area contributed by atoms with Crippen molar-refractivity contribution in [2.24, 2.45) is 0 Å². The highest BCUT2D eigenvalue weighted by Crippen LogP contribution is 2.39. The van der Waals surface area contributed by atoms with E-state index in [1.807, 2.05) is 12.1 Å². The lowest BCUT2D eigenvalue weighted by molar-refractivity contribution is 0.557. The summed E-state index contributed by atoms with van der Waals surface area (Å²) in [4.78, 5) is 0. The number of nitrogens with two attached hydrogens (primary N) is 2. The topological polar surface area (TPSA) is 52.0 Å². The SMILES string of the molecule is CCCCCCC(C)c1c(N)ccc(N)c1C(C)CCCCCC. The average molecular weight is 333 g/mol. The highest BCUT2D eigenvalue weighted by molar-refractivity contribution is 5.64. The molecule has 1 aromatic carbocycles. The summed E-state index contributed by atoms with van der Waals surface area (Å²) >= 11 is 0. The maximum absolute atomic E-state index is 6.38. The van der Waals surface area contributed by atoms with Gasteiger partial charge in [0.1, 0.15) is 0 Å². The van der Waals surface area contributed by atoms with Crippen molar-refractivity contribution < 1.29 is 0 Å². The minimum absolute atomic E-state index is 0.499. The van der Waals surface area contributed by atoms with Gasteiger partial charge in [-0.05, 0) is 47.9 Å². The van der Waals surface area contributed by atoms with Gasteiger partial charge in [0, 0.05) is 11.4 Å². The molecule has 0 saturated heterocycles. The van der Waals surface area contributed by atoms with Gasteiger partial charge in [0.05, 0.1) is 0 Å². The lowest BCUT2D eigenvalue weighted by Gasteiger charge is -2.24. The molecule has 1 aromatic rings. The lowest BCUT2D eigenvalue weighted by atomic mass is 9.82. The zero-order valence-corrected chi connectivity index (χ0v) is 16.5. The fraction of sp³-hybridized carbons (Fsp3) is 0.727. The van der Waals surface area contributed by atoms with Crippen LogP contribution in [-0.4, -0.2) is 0 Å². The van der Waals surface area contributed by atoms with Gasteiger partial charge in [-0.3, -0.25) is 0 Å². The zero-order valence-electron chi connectivity index (χ0n) is 16.5. The number of nitrogen functional groups attached to an aromatic ring is 2. The molecular weight excluding hydrogens is 292 g/mol. The molecule has 0 fully saturated rings. The monoisotopic (exact) mass is 332 g/mol. The third-order valence-corrected chi connectivity index (χ3v) is 5.32. The van der Waals surface area contributed by atoms with Gasteiger partial charge >= 0.3 is 0 Å². The van der Waals surface area contributed by atoms with Gasteiger partial charge in [-0.1, -0.05) is 79.1 Å². The predicted molar refractivity (Wildman–Crippen MR) is 110 cm³/mol. The van der Waals surface area contributed by atoms with Gasteiger partial charge in [-0.25, -0.2) is 0 Å². The van der Waals surface area contributed by atoms with E-state index in [4.69, 9.17) is 11.5 Å². The Morgan fingerprint density at radius 1 is 0.667 bits per heavy atom. The van der Waals surface area contributed by atoms with Crippen LogP contribution in [0, 0.1) is 0 Å². The van der Waals surface area contributed by atoms with Crippen LogP contribution >= 0.6 is 0 Å². The first kappa shape index (κ1) is 20.9. The molecule has 0 spiro atoms. The lowest BCUT2D eigenvalue weighted by Crippen LogP contribution is -2.10. The molecule has 0 aliphatic rings. The summed E-state index contributed by atoms with van der Waals surface area (Å²) in [5.41, 5.74) is 17.3. The van der Waals surface area contributed by atoms with E-state index in [2.05, 4.69) is 27.7 Å². The number of rotatable bonds is 12. The largest absolute Gasteiger partial charge is 0.398 e. The van der Waals surface area contributed by atoms with Crippen molar-refractivity contribution >= 4 is 11.4 Å². The molecule has 2 atom stereocenters. The first-order chi connectivity index (χ1) is 11.5. The Balaban J connectivity index is 2.84. The first-order valence-electron chi connectivity index (χ1n) is 10.2. The summed E-state index contributed by atoms with van der Waals surface area (Å²) in [5.74, 6) is 0.997. The molecule has 24 heavy (non-hydrogen) atoms. The van der Waals surface area contributed by atoms with Crippen molar-refractivity contribution in [2.45, 2.75) is 104 Å². The Kier molecular flexibility index (Phi) is 9.90. The van der Waals surface area contributed by atoms with Crippen LogP contribution in [0.25, 0.3) is 0 Å². The highest BCUT2D eigenvalue weighted by atomic mass is 14.6. The van der Waals surface area contributed by atoms with Crippen molar-refractivity contribution in [1.82, 2.24) is 0 Å². The average Bonchev–Trinajstić information content (AvgIpc) is 2.57. The van der Waals surface area contributed by atoms with E-state index in [-0.39, 0.29) is 0 Å². The molecule has 0 saturated carbocycles. The number of unbranched alkanes of at least 4 members (excludes halogenated alkanes) is 6. The molecule has 0 heterocycles. The van der Waals surface area contributed by atoms with E-state index >= 15 is 0 Å². The van der Waals surface area contributed by atoms with E-state index in [0.29, 0.717) is 11.8 Å². The quantitative estimate of drug-likeness (QED) is 0.320. The zero-order chi connectivity index (χ0) is 17.9. The molecule has 0 bridgehead atoms. The number of anilines is 2. The molecule has 0 aromatic heterocycles. The Morgan fingerprint density at radius 2 is 1.04 bits per heavy atom. The summed E-state index contributed by atoms with van der Waals surface area (Å²) in [5, 5.41) is 0. The van der Waals surface area contributed by atoms with Gasteiger partial charge in [0.25, 0.3) is 0 Å². The molecule has 2 nitrogen and oxygen atoms in total. The summed E-state index contributed by atoms with van der Waals surface area (Å²) in [6.07, 6.45) is 12.9. The molecule has 2 heteroatoms. The third kappa shape index (κ3) is 6.37. The minimum Gasteiger partial charge on any atom is -0.398 e. The summed E-state index contributed by atoms with van der Waals surface area (Å²) in [6, 6.07) is 4.00. The maximum Gasteiger partial charge on any atom is 0.0353 e. The third-order valence-electron chi connectivity index (χ3n) is 5.32. The standard InChI is InChI=1S/C22H40N2/c1-5-7-9-11-13-17(3)21-19(23)15-16-20(24)22(21)18(4)14-12-10-8-6-2/h15-18H,5-14,23-24H2,1-4H3. The Labute approximate surface area is 150 Å². The van der Waals surface area contributed by atoms with Gasteiger partial charge in [-0.15, -0.1) is 0 Å². The van der Waals surface area contributed by atoms with Gasteiger partial charge in [0.15, 0.2) is 0 Å². The van der Waals surface area contributed by atoms with Crippen LogP contribution in [0.15, 0.2) is 12.1 Å². The molecule has 2 unspecified atom stereocenters. The van der Waals surface area contributed by atoms with Gasteiger partial charge in [0.2, 0.25) is 0 Å². The van der Waals surface area contributed by atoms with Crippen molar-refractivity contribution in [2.75, 3.05) is 11.5 Å². The van der Waals surface area contributed by atoms with Crippen molar-refractivity contribution in [3.05, 3.63) is 23.3 Å². The van der Waals surface area contributed by atoms with Crippen molar-refractivity contribution in [3.63, 3.8) is 0 Å². The van der Waals surface area contributed by atoms with Crippen molar-refractivity contribution in [1.29, 1.82) is 0 Å². The van der Waals surface area contributed by atoms with Crippen LogP contribution in [0.5, 0.6) is 0 Å². The maximum atomic E-state index is 6.38. The molecule has 0 aliphatic heterocycles. The second-order valence-corrected chi connectivity index (χ2v) is 7.57. The predicted octanol–water partition coefficient (Wildman–Crippen LogP) is 7.00. The fourth-order valence-corrected chi connectivity index (χ4v) is 3.81. The molecule has 4 N–H and O–H groups in total. The fourth-order valence-electron chi connectivity index (χ4n) is 3.81. The second kappa shape index (κ2) is 11.4. The van der Waals surface area contributed by atoms with Crippen LogP contribution < -0.4 is 11.5 Å².